The Morgan fingerprint density at radius 2 is 2.00 bits per heavy atom. The van der Waals surface area contributed by atoms with Gasteiger partial charge in [0.2, 0.25) is 0 Å². The highest BCUT2D eigenvalue weighted by Gasteiger charge is 2.20. The summed E-state index contributed by atoms with van der Waals surface area (Å²) in [6, 6.07) is 8.24. The molecule has 0 saturated heterocycles. The van der Waals surface area contributed by atoms with E-state index in [1.54, 1.807) is 18.3 Å². The Balaban J connectivity index is 1.94. The topological polar surface area (TPSA) is 46.9 Å². The number of carbonyl (C=O) groups excluding carboxylic acids is 1. The van der Waals surface area contributed by atoms with E-state index in [1.807, 2.05) is 29.1 Å². The average molecular weight is 371 g/mol. The molecule has 0 saturated carbocycles. The van der Waals surface area contributed by atoms with Crippen molar-refractivity contribution in [2.45, 2.75) is 33.2 Å². The molecular formula is C20H22FN3OS. The highest BCUT2D eigenvalue weighted by molar-refractivity contribution is 7.13. The van der Waals surface area contributed by atoms with E-state index in [9.17, 15) is 9.18 Å². The second kappa shape index (κ2) is 7.83. The summed E-state index contributed by atoms with van der Waals surface area (Å²) in [6.07, 6.45) is 4.57. The standard InChI is InChI=1S/C20H22FN3OS/c1-13(2)10-15-11-18(19(25)23-20-22-8-9-26-20)24(12-15)14(3)16-4-6-17(21)7-5-16/h4-9,11-14H,10H2,1-3H3,(H,22,23,25). The van der Waals surface area contributed by atoms with Gasteiger partial charge in [-0.3, -0.25) is 10.1 Å². The van der Waals surface area contributed by atoms with Crippen LogP contribution in [0.15, 0.2) is 48.1 Å². The molecule has 2 aromatic heterocycles. The smallest absolute Gasteiger partial charge is 0.274 e. The van der Waals surface area contributed by atoms with Gasteiger partial charge in [0, 0.05) is 17.8 Å². The summed E-state index contributed by atoms with van der Waals surface area (Å²) in [6.45, 7) is 6.30. The molecule has 1 N–H and O–H groups in total. The molecule has 136 valence electrons. The van der Waals surface area contributed by atoms with Gasteiger partial charge in [-0.1, -0.05) is 26.0 Å². The van der Waals surface area contributed by atoms with Crippen molar-refractivity contribution in [3.05, 3.63) is 70.7 Å². The lowest BCUT2D eigenvalue weighted by atomic mass is 10.1. The lowest BCUT2D eigenvalue weighted by molar-refractivity contribution is 0.101. The highest BCUT2D eigenvalue weighted by atomic mass is 32.1. The fourth-order valence-corrected chi connectivity index (χ4v) is 3.49. The first-order chi connectivity index (χ1) is 12.4. The number of anilines is 1. The Morgan fingerprint density at radius 1 is 1.27 bits per heavy atom. The van der Waals surface area contributed by atoms with E-state index < -0.39 is 0 Å². The third-order valence-corrected chi connectivity index (χ3v) is 4.89. The minimum atomic E-state index is -0.268. The van der Waals surface area contributed by atoms with Crippen LogP contribution in [0.3, 0.4) is 0 Å². The number of halogens is 1. The summed E-state index contributed by atoms with van der Waals surface area (Å²) < 4.78 is 15.2. The van der Waals surface area contributed by atoms with Crippen LogP contribution in [0.5, 0.6) is 0 Å². The Hall–Kier alpha value is -2.47. The molecule has 0 aliphatic carbocycles. The second-order valence-electron chi connectivity index (χ2n) is 6.76. The number of amides is 1. The first-order valence-corrected chi connectivity index (χ1v) is 9.49. The minimum absolute atomic E-state index is 0.0893. The third-order valence-electron chi connectivity index (χ3n) is 4.20. The van der Waals surface area contributed by atoms with Gasteiger partial charge in [-0.25, -0.2) is 9.37 Å². The van der Waals surface area contributed by atoms with E-state index in [1.165, 1.54) is 23.5 Å². The van der Waals surface area contributed by atoms with Crippen LogP contribution in [0.1, 0.15) is 48.4 Å². The van der Waals surface area contributed by atoms with Gasteiger partial charge >= 0.3 is 0 Å². The summed E-state index contributed by atoms with van der Waals surface area (Å²) in [5, 5.41) is 5.24. The Morgan fingerprint density at radius 3 is 2.62 bits per heavy atom. The van der Waals surface area contributed by atoms with Crippen LogP contribution in [0, 0.1) is 11.7 Å². The van der Waals surface area contributed by atoms with Gasteiger partial charge in [0.05, 0.1) is 6.04 Å². The number of nitrogens with one attached hydrogen (secondary N) is 1. The summed E-state index contributed by atoms with van der Waals surface area (Å²) in [7, 11) is 0. The van der Waals surface area contributed by atoms with Crippen molar-refractivity contribution in [2.75, 3.05) is 5.32 Å². The number of hydrogen-bond donors (Lipinski definition) is 1. The number of benzene rings is 1. The summed E-state index contributed by atoms with van der Waals surface area (Å²) in [5.74, 6) is 0.0291. The fourth-order valence-electron chi connectivity index (χ4n) is 2.97. The Kier molecular flexibility index (Phi) is 5.52. The van der Waals surface area contributed by atoms with Gasteiger partial charge in [-0.2, -0.15) is 0 Å². The molecular weight excluding hydrogens is 349 g/mol. The molecule has 3 aromatic rings. The predicted molar refractivity (Wildman–Crippen MR) is 103 cm³/mol. The fraction of sp³-hybridized carbons (Fsp3) is 0.300. The van der Waals surface area contributed by atoms with Crippen molar-refractivity contribution < 1.29 is 9.18 Å². The first kappa shape index (κ1) is 18.3. The number of rotatable bonds is 6. The molecule has 3 rings (SSSR count). The van der Waals surface area contributed by atoms with Crippen LogP contribution in [-0.4, -0.2) is 15.5 Å². The van der Waals surface area contributed by atoms with Crippen molar-refractivity contribution in [3.63, 3.8) is 0 Å². The molecule has 0 aliphatic heterocycles. The van der Waals surface area contributed by atoms with Crippen LogP contribution in [-0.2, 0) is 6.42 Å². The van der Waals surface area contributed by atoms with E-state index in [-0.39, 0.29) is 17.8 Å². The lowest BCUT2D eigenvalue weighted by Gasteiger charge is -2.17. The van der Waals surface area contributed by atoms with Crippen molar-refractivity contribution in [1.82, 2.24) is 9.55 Å². The molecule has 2 heterocycles. The zero-order valence-corrected chi connectivity index (χ0v) is 15.9. The minimum Gasteiger partial charge on any atom is -0.336 e. The molecule has 0 aliphatic rings. The molecule has 1 amide bonds. The number of nitrogens with zero attached hydrogens (tertiary/aromatic N) is 2. The van der Waals surface area contributed by atoms with E-state index in [2.05, 4.69) is 24.1 Å². The molecule has 0 fully saturated rings. The Labute approximate surface area is 156 Å². The maximum Gasteiger partial charge on any atom is 0.274 e. The quantitative estimate of drug-likeness (QED) is 0.652. The summed E-state index contributed by atoms with van der Waals surface area (Å²) >= 11 is 1.38. The maximum atomic E-state index is 13.2. The molecule has 0 spiro atoms. The molecule has 1 unspecified atom stereocenters. The van der Waals surface area contributed by atoms with E-state index in [0.717, 1.165) is 17.5 Å². The molecule has 0 radical (unpaired) electrons. The van der Waals surface area contributed by atoms with Crippen molar-refractivity contribution in [1.29, 1.82) is 0 Å². The number of hydrogen-bond acceptors (Lipinski definition) is 3. The van der Waals surface area contributed by atoms with Gasteiger partial charge < -0.3 is 4.57 Å². The monoisotopic (exact) mass is 371 g/mol. The average Bonchev–Trinajstić information content (AvgIpc) is 3.24. The van der Waals surface area contributed by atoms with Crippen molar-refractivity contribution >= 4 is 22.4 Å². The van der Waals surface area contributed by atoms with Crippen molar-refractivity contribution in [3.8, 4) is 0 Å². The van der Waals surface area contributed by atoms with Gasteiger partial charge in [0.1, 0.15) is 11.5 Å². The number of aromatic nitrogens is 2. The van der Waals surface area contributed by atoms with Crippen molar-refractivity contribution in [2.24, 2.45) is 5.92 Å². The lowest BCUT2D eigenvalue weighted by Crippen LogP contribution is -2.19. The second-order valence-corrected chi connectivity index (χ2v) is 7.65. The number of carbonyl (C=O) groups is 1. The zero-order valence-electron chi connectivity index (χ0n) is 15.1. The molecule has 4 nitrogen and oxygen atoms in total. The van der Waals surface area contributed by atoms with Crippen LogP contribution in [0.2, 0.25) is 0 Å². The Bertz CT molecular complexity index is 869. The van der Waals surface area contributed by atoms with Gasteiger partial charge in [-0.15, -0.1) is 11.3 Å². The summed E-state index contributed by atoms with van der Waals surface area (Å²) in [5.41, 5.74) is 2.63. The predicted octanol–water partition coefficient (Wildman–Crippen LogP) is 5.14. The van der Waals surface area contributed by atoms with E-state index >= 15 is 0 Å². The first-order valence-electron chi connectivity index (χ1n) is 8.61. The highest BCUT2D eigenvalue weighted by Crippen LogP contribution is 2.25. The summed E-state index contributed by atoms with van der Waals surface area (Å²) in [4.78, 5) is 16.9. The molecule has 1 aromatic carbocycles. The molecule has 26 heavy (non-hydrogen) atoms. The SMILES string of the molecule is CC(C)Cc1cc(C(=O)Nc2nccs2)n(C(C)c2ccc(F)cc2)c1. The normalized spacial score (nSPS) is 12.3. The van der Waals surface area contributed by atoms with Gasteiger partial charge in [-0.05, 0) is 48.6 Å². The van der Waals surface area contributed by atoms with E-state index in [0.29, 0.717) is 16.7 Å². The van der Waals surface area contributed by atoms with Crippen LogP contribution < -0.4 is 5.32 Å². The van der Waals surface area contributed by atoms with Gasteiger partial charge in [0.15, 0.2) is 5.13 Å². The van der Waals surface area contributed by atoms with Crippen LogP contribution in [0.25, 0.3) is 0 Å². The van der Waals surface area contributed by atoms with Gasteiger partial charge in [0.25, 0.3) is 5.91 Å². The van der Waals surface area contributed by atoms with Crippen LogP contribution in [0.4, 0.5) is 9.52 Å². The number of thiazole rings is 1. The van der Waals surface area contributed by atoms with E-state index in [4.69, 9.17) is 0 Å². The molecule has 0 bridgehead atoms. The molecule has 6 heteroatoms. The van der Waals surface area contributed by atoms with Crippen LogP contribution >= 0.6 is 11.3 Å². The zero-order chi connectivity index (χ0) is 18.7. The third kappa shape index (κ3) is 4.19. The largest absolute Gasteiger partial charge is 0.336 e. The maximum absolute atomic E-state index is 13.2. The molecule has 1 atom stereocenters.